The Kier molecular flexibility index (Phi) is 7.01. The summed E-state index contributed by atoms with van der Waals surface area (Å²) >= 11 is 0. The fraction of sp³-hybridized carbons (Fsp3) is 0.222. The molecule has 8 heteroatoms. The van der Waals surface area contributed by atoms with Gasteiger partial charge >= 0.3 is 17.3 Å². The Balaban J connectivity index is 1.68. The van der Waals surface area contributed by atoms with Crippen LogP contribution in [-0.2, 0) is 4.74 Å². The molecule has 0 aliphatic carbocycles. The van der Waals surface area contributed by atoms with E-state index in [-0.39, 0.29) is 6.61 Å². The van der Waals surface area contributed by atoms with Crippen LogP contribution in [0.3, 0.4) is 0 Å². The summed E-state index contributed by atoms with van der Waals surface area (Å²) in [5, 5.41) is 4.02. The van der Waals surface area contributed by atoms with Gasteiger partial charge in [-0.1, -0.05) is 6.08 Å². The third-order valence-corrected chi connectivity index (χ3v) is 5.62. The molecule has 4 rings (SSSR count). The lowest BCUT2D eigenvalue weighted by atomic mass is 10.1. The molecule has 1 N–H and O–H groups in total. The maximum Gasteiger partial charge on any atom is 0.411 e. The summed E-state index contributed by atoms with van der Waals surface area (Å²) in [5.41, 5.74) is 2.13. The largest absolute Gasteiger partial charge is 0.450 e. The first-order chi connectivity index (χ1) is 16.9. The number of fused-ring (bicyclic) bond motifs is 2. The van der Waals surface area contributed by atoms with Crippen LogP contribution in [0.25, 0.3) is 34.1 Å². The molecule has 0 aliphatic rings. The van der Waals surface area contributed by atoms with Gasteiger partial charge in [-0.05, 0) is 62.7 Å². The van der Waals surface area contributed by atoms with Crippen LogP contribution in [0.15, 0.2) is 67.0 Å². The standard InChI is InChI=1S/C27H26N2O6/c1-4-29(5-2)21-11-9-18-13-19(26(31)35-23(18)16-21)8-7-17-14-25(30)34-24-15-20(10-12-22(17)24)28-27(32)33-6-3/h7-16H,4-6H2,1-3H3,(H,28,32)/b8-7+. The Morgan fingerprint density at radius 2 is 1.69 bits per heavy atom. The van der Waals surface area contributed by atoms with Gasteiger partial charge in [-0.3, -0.25) is 5.32 Å². The second-order valence-electron chi connectivity index (χ2n) is 7.79. The van der Waals surface area contributed by atoms with E-state index >= 15 is 0 Å². The quantitative estimate of drug-likeness (QED) is 0.354. The van der Waals surface area contributed by atoms with Gasteiger partial charge in [-0.25, -0.2) is 14.4 Å². The summed E-state index contributed by atoms with van der Waals surface area (Å²) in [4.78, 5) is 38.6. The summed E-state index contributed by atoms with van der Waals surface area (Å²) in [7, 11) is 0. The molecule has 0 aliphatic heterocycles. The highest BCUT2D eigenvalue weighted by molar-refractivity contribution is 5.94. The molecule has 0 unspecified atom stereocenters. The molecule has 0 spiro atoms. The Bertz CT molecular complexity index is 1530. The van der Waals surface area contributed by atoms with Gasteiger partial charge in [-0.15, -0.1) is 0 Å². The molecule has 0 radical (unpaired) electrons. The van der Waals surface area contributed by atoms with E-state index in [4.69, 9.17) is 13.6 Å². The fourth-order valence-corrected chi connectivity index (χ4v) is 3.89. The average molecular weight is 475 g/mol. The van der Waals surface area contributed by atoms with Gasteiger partial charge in [0.15, 0.2) is 0 Å². The van der Waals surface area contributed by atoms with Crippen LogP contribution >= 0.6 is 0 Å². The number of benzene rings is 2. The van der Waals surface area contributed by atoms with E-state index in [1.54, 1.807) is 43.3 Å². The van der Waals surface area contributed by atoms with Gasteiger partial charge in [-0.2, -0.15) is 0 Å². The molecule has 1 amide bonds. The zero-order chi connectivity index (χ0) is 24.9. The number of anilines is 2. The molecule has 35 heavy (non-hydrogen) atoms. The van der Waals surface area contributed by atoms with Crippen LogP contribution in [0.5, 0.6) is 0 Å². The summed E-state index contributed by atoms with van der Waals surface area (Å²) < 4.78 is 15.7. The molecule has 0 fully saturated rings. The fourth-order valence-electron chi connectivity index (χ4n) is 3.89. The van der Waals surface area contributed by atoms with Gasteiger partial charge in [0.2, 0.25) is 0 Å². The van der Waals surface area contributed by atoms with Crippen molar-refractivity contribution in [2.24, 2.45) is 0 Å². The highest BCUT2D eigenvalue weighted by Gasteiger charge is 2.10. The number of hydrogen-bond acceptors (Lipinski definition) is 7. The lowest BCUT2D eigenvalue weighted by Crippen LogP contribution is -2.21. The zero-order valence-corrected chi connectivity index (χ0v) is 19.8. The number of hydrogen-bond donors (Lipinski definition) is 1. The third kappa shape index (κ3) is 5.27. The summed E-state index contributed by atoms with van der Waals surface area (Å²) in [5.74, 6) is 0. The number of nitrogens with one attached hydrogen (secondary N) is 1. The van der Waals surface area contributed by atoms with Crippen LogP contribution in [-0.4, -0.2) is 25.8 Å². The lowest BCUT2D eigenvalue weighted by molar-refractivity contribution is 0.168. The number of carbonyl (C=O) groups excluding carboxylic acids is 1. The van der Waals surface area contributed by atoms with E-state index in [0.29, 0.717) is 33.4 Å². The van der Waals surface area contributed by atoms with E-state index in [0.717, 1.165) is 24.2 Å². The summed E-state index contributed by atoms with van der Waals surface area (Å²) in [6.45, 7) is 7.80. The van der Waals surface area contributed by atoms with Crippen LogP contribution in [0.4, 0.5) is 16.2 Å². The molecule has 2 aromatic heterocycles. The molecule has 180 valence electrons. The first-order valence-electron chi connectivity index (χ1n) is 11.4. The Labute approximate surface area is 201 Å². The van der Waals surface area contributed by atoms with E-state index in [1.807, 2.05) is 18.2 Å². The van der Waals surface area contributed by atoms with Gasteiger partial charge in [0.1, 0.15) is 11.2 Å². The second-order valence-corrected chi connectivity index (χ2v) is 7.79. The molecule has 2 aromatic carbocycles. The van der Waals surface area contributed by atoms with Gasteiger partial charge < -0.3 is 18.5 Å². The van der Waals surface area contributed by atoms with Crippen LogP contribution < -0.4 is 21.5 Å². The Morgan fingerprint density at radius 1 is 0.914 bits per heavy atom. The molecule has 0 saturated heterocycles. The van der Waals surface area contributed by atoms with Crippen molar-refractivity contribution >= 4 is 51.6 Å². The topological polar surface area (TPSA) is 102 Å². The average Bonchev–Trinajstić information content (AvgIpc) is 2.83. The summed E-state index contributed by atoms with van der Waals surface area (Å²) in [6, 6.07) is 13.8. The number of ether oxygens (including phenoxy) is 1. The van der Waals surface area contributed by atoms with Crippen LogP contribution in [0.1, 0.15) is 31.9 Å². The maximum atomic E-state index is 12.6. The molecular weight excluding hydrogens is 448 g/mol. The molecular formula is C27H26N2O6. The van der Waals surface area contributed by atoms with Gasteiger partial charge in [0.25, 0.3) is 0 Å². The Morgan fingerprint density at radius 3 is 2.43 bits per heavy atom. The summed E-state index contributed by atoms with van der Waals surface area (Å²) in [6.07, 6.45) is 2.68. The molecule has 0 bridgehead atoms. The maximum absolute atomic E-state index is 12.6. The number of carbonyl (C=O) groups is 1. The van der Waals surface area contributed by atoms with Crippen molar-refractivity contribution < 1.29 is 18.4 Å². The van der Waals surface area contributed by atoms with Crippen LogP contribution in [0, 0.1) is 0 Å². The van der Waals surface area contributed by atoms with E-state index in [2.05, 4.69) is 24.1 Å². The minimum Gasteiger partial charge on any atom is -0.450 e. The smallest absolute Gasteiger partial charge is 0.411 e. The normalized spacial score (nSPS) is 11.3. The zero-order valence-electron chi connectivity index (χ0n) is 19.8. The molecule has 8 nitrogen and oxygen atoms in total. The van der Waals surface area contributed by atoms with Crippen molar-refractivity contribution in [2.75, 3.05) is 29.9 Å². The predicted molar refractivity (Wildman–Crippen MR) is 138 cm³/mol. The third-order valence-electron chi connectivity index (χ3n) is 5.62. The molecule has 4 aromatic rings. The van der Waals surface area contributed by atoms with Crippen molar-refractivity contribution in [3.8, 4) is 0 Å². The van der Waals surface area contributed by atoms with E-state index in [1.165, 1.54) is 6.07 Å². The van der Waals surface area contributed by atoms with Gasteiger partial charge in [0.05, 0.1) is 12.2 Å². The molecule has 0 saturated carbocycles. The van der Waals surface area contributed by atoms with Crippen LogP contribution in [0.2, 0.25) is 0 Å². The van der Waals surface area contributed by atoms with Crippen molar-refractivity contribution in [1.29, 1.82) is 0 Å². The van der Waals surface area contributed by atoms with E-state index < -0.39 is 17.3 Å². The second kappa shape index (κ2) is 10.3. The highest BCUT2D eigenvalue weighted by Crippen LogP contribution is 2.25. The number of rotatable bonds is 7. The SMILES string of the molecule is CCOC(=O)Nc1ccc2c(/C=C/c3cc4ccc(N(CC)CC)cc4oc3=O)cc(=O)oc2c1. The monoisotopic (exact) mass is 474 g/mol. The molecule has 0 atom stereocenters. The number of nitrogens with zero attached hydrogens (tertiary/aromatic N) is 1. The van der Waals surface area contributed by atoms with Crippen molar-refractivity contribution in [2.45, 2.75) is 20.8 Å². The minimum atomic E-state index is -0.600. The predicted octanol–water partition coefficient (Wildman–Crippen LogP) is 5.48. The molecule has 2 heterocycles. The first-order valence-corrected chi connectivity index (χ1v) is 11.4. The van der Waals surface area contributed by atoms with Crippen molar-refractivity contribution in [3.05, 3.63) is 80.5 Å². The number of amides is 1. The van der Waals surface area contributed by atoms with E-state index in [9.17, 15) is 14.4 Å². The lowest BCUT2D eigenvalue weighted by Gasteiger charge is -2.20. The van der Waals surface area contributed by atoms with Crippen molar-refractivity contribution in [1.82, 2.24) is 0 Å². The van der Waals surface area contributed by atoms with Crippen molar-refractivity contribution in [3.63, 3.8) is 0 Å². The first kappa shape index (κ1) is 23.8. The van der Waals surface area contributed by atoms with Gasteiger partial charge in [0, 0.05) is 53.4 Å². The Hall–Kier alpha value is -4.33. The highest BCUT2D eigenvalue weighted by atomic mass is 16.5. The minimum absolute atomic E-state index is 0.239.